The Balaban J connectivity index is 3.83. The minimum absolute atomic E-state index is 0.0268. The van der Waals surface area contributed by atoms with Gasteiger partial charge in [-0.15, -0.1) is 0 Å². The van der Waals surface area contributed by atoms with Crippen molar-refractivity contribution >= 4 is 17.2 Å². The monoisotopic (exact) mass is 378 g/mol. The number of hydrogen-bond donors (Lipinski definition) is 4. The van der Waals surface area contributed by atoms with E-state index < -0.39 is 23.3 Å². The SMILES string of the molecule is CCOCCOCCCC(COC(C)COP(O)O)OP(O)O. The zero-order valence-corrected chi connectivity index (χ0v) is 15.3. The van der Waals surface area contributed by atoms with Gasteiger partial charge in [-0.1, -0.05) is 0 Å². The Hall–Kier alpha value is 0.500. The van der Waals surface area contributed by atoms with Gasteiger partial charge in [-0.3, -0.25) is 0 Å². The van der Waals surface area contributed by atoms with Gasteiger partial charge in [0.05, 0.1) is 38.6 Å². The molecule has 0 fully saturated rings. The molecule has 0 saturated carbocycles. The van der Waals surface area contributed by atoms with Gasteiger partial charge in [-0.2, -0.15) is 0 Å². The molecule has 23 heavy (non-hydrogen) atoms. The molecule has 0 bridgehead atoms. The normalized spacial score (nSPS) is 14.6. The number of ether oxygens (including phenoxy) is 3. The molecule has 0 amide bonds. The second-order valence-corrected chi connectivity index (χ2v) is 6.10. The predicted molar refractivity (Wildman–Crippen MR) is 85.5 cm³/mol. The van der Waals surface area contributed by atoms with Crippen LogP contribution in [0.25, 0.3) is 0 Å². The maximum atomic E-state index is 8.97. The summed E-state index contributed by atoms with van der Waals surface area (Å²) in [5.41, 5.74) is 0. The molecule has 4 N–H and O–H groups in total. The lowest BCUT2D eigenvalue weighted by Gasteiger charge is -2.20. The zero-order valence-electron chi connectivity index (χ0n) is 13.5. The van der Waals surface area contributed by atoms with Gasteiger partial charge in [-0.05, 0) is 26.7 Å². The Bertz CT molecular complexity index is 259. The van der Waals surface area contributed by atoms with E-state index in [1.54, 1.807) is 6.92 Å². The van der Waals surface area contributed by atoms with Crippen LogP contribution in [0.15, 0.2) is 0 Å². The first kappa shape index (κ1) is 23.5. The van der Waals surface area contributed by atoms with E-state index >= 15 is 0 Å². The van der Waals surface area contributed by atoms with Crippen LogP contribution in [0.1, 0.15) is 26.7 Å². The molecule has 11 heteroatoms. The van der Waals surface area contributed by atoms with Gasteiger partial charge in [0.2, 0.25) is 0 Å². The van der Waals surface area contributed by atoms with E-state index in [1.165, 1.54) is 0 Å². The van der Waals surface area contributed by atoms with Gasteiger partial charge in [-0.25, -0.2) is 0 Å². The van der Waals surface area contributed by atoms with Crippen molar-refractivity contribution in [1.82, 2.24) is 0 Å². The van der Waals surface area contributed by atoms with Crippen LogP contribution in [0.5, 0.6) is 0 Å². The molecular weight excluding hydrogens is 350 g/mol. The fourth-order valence-electron chi connectivity index (χ4n) is 1.57. The molecule has 0 radical (unpaired) electrons. The van der Waals surface area contributed by atoms with Gasteiger partial charge >= 0.3 is 17.2 Å². The smallest absolute Gasteiger partial charge is 0.327 e. The molecule has 0 aliphatic heterocycles. The molecule has 0 aromatic rings. The van der Waals surface area contributed by atoms with Crippen molar-refractivity contribution < 1.29 is 42.8 Å². The summed E-state index contributed by atoms with van der Waals surface area (Å²) in [7, 11) is -4.88. The highest BCUT2D eigenvalue weighted by Gasteiger charge is 2.16. The Morgan fingerprint density at radius 2 is 1.61 bits per heavy atom. The molecule has 2 atom stereocenters. The first-order chi connectivity index (χ1) is 11.0. The Morgan fingerprint density at radius 1 is 0.913 bits per heavy atom. The first-order valence-electron chi connectivity index (χ1n) is 7.38. The Morgan fingerprint density at radius 3 is 2.22 bits per heavy atom. The van der Waals surface area contributed by atoms with E-state index in [4.69, 9.17) is 38.3 Å². The molecule has 0 aliphatic carbocycles. The van der Waals surface area contributed by atoms with Crippen molar-refractivity contribution in [2.24, 2.45) is 0 Å². The molecule has 140 valence electrons. The van der Waals surface area contributed by atoms with Crippen molar-refractivity contribution in [2.45, 2.75) is 38.9 Å². The third kappa shape index (κ3) is 17.1. The minimum atomic E-state index is -2.47. The van der Waals surface area contributed by atoms with Gasteiger partial charge in [0.25, 0.3) is 0 Å². The molecule has 0 saturated heterocycles. The van der Waals surface area contributed by atoms with Crippen LogP contribution in [0, 0.1) is 0 Å². The van der Waals surface area contributed by atoms with Crippen LogP contribution in [-0.4, -0.2) is 71.4 Å². The van der Waals surface area contributed by atoms with E-state index in [9.17, 15) is 0 Å². The fraction of sp³-hybridized carbons (Fsp3) is 1.00. The quantitative estimate of drug-likeness (QED) is 0.230. The number of rotatable bonds is 16. The van der Waals surface area contributed by atoms with Crippen LogP contribution in [0.2, 0.25) is 0 Å². The lowest BCUT2D eigenvalue weighted by atomic mass is 10.2. The summed E-state index contributed by atoms with van der Waals surface area (Å²) in [6, 6.07) is 0. The molecule has 0 aromatic carbocycles. The van der Waals surface area contributed by atoms with Crippen molar-refractivity contribution in [3.05, 3.63) is 0 Å². The Labute approximate surface area is 139 Å². The highest BCUT2D eigenvalue weighted by Crippen LogP contribution is 2.29. The van der Waals surface area contributed by atoms with Crippen molar-refractivity contribution in [3.63, 3.8) is 0 Å². The topological polar surface area (TPSA) is 127 Å². The van der Waals surface area contributed by atoms with E-state index in [2.05, 4.69) is 4.52 Å². The van der Waals surface area contributed by atoms with Gasteiger partial charge < -0.3 is 42.8 Å². The second kappa shape index (κ2) is 16.0. The second-order valence-electron chi connectivity index (χ2n) is 4.62. The highest BCUT2D eigenvalue weighted by molar-refractivity contribution is 7.39. The lowest BCUT2D eigenvalue weighted by Crippen LogP contribution is -2.24. The molecule has 9 nitrogen and oxygen atoms in total. The van der Waals surface area contributed by atoms with Crippen LogP contribution in [-0.2, 0) is 23.3 Å². The van der Waals surface area contributed by atoms with Crippen molar-refractivity contribution in [1.29, 1.82) is 0 Å². The molecule has 0 spiro atoms. The molecule has 0 aromatic heterocycles. The largest absolute Gasteiger partial charge is 0.379 e. The standard InChI is InChI=1S/C12H28O9P2/c1-3-17-7-8-18-6-4-5-12(21-23(15)16)10-19-11(2)9-20-22(13)14/h11-16H,3-10H2,1-2H3. The third-order valence-electron chi connectivity index (χ3n) is 2.63. The number of hydrogen-bond acceptors (Lipinski definition) is 9. The van der Waals surface area contributed by atoms with Crippen LogP contribution < -0.4 is 0 Å². The first-order valence-corrected chi connectivity index (χ1v) is 9.71. The summed E-state index contributed by atoms with van der Waals surface area (Å²) in [5, 5.41) is 0. The van der Waals surface area contributed by atoms with Crippen molar-refractivity contribution in [2.75, 3.05) is 39.6 Å². The molecule has 0 aliphatic rings. The summed E-state index contributed by atoms with van der Waals surface area (Å²) >= 11 is 0. The average molecular weight is 378 g/mol. The summed E-state index contributed by atoms with van der Waals surface area (Å²) in [4.78, 5) is 35.2. The molecule has 0 rings (SSSR count). The van der Waals surface area contributed by atoms with Gasteiger partial charge in [0, 0.05) is 13.2 Å². The van der Waals surface area contributed by atoms with E-state index in [1.807, 2.05) is 6.92 Å². The zero-order chi connectivity index (χ0) is 17.5. The predicted octanol–water partition coefficient (Wildman–Crippen LogP) is 1.05. The van der Waals surface area contributed by atoms with E-state index in [-0.39, 0.29) is 19.3 Å². The van der Waals surface area contributed by atoms with Crippen LogP contribution in [0.4, 0.5) is 0 Å². The van der Waals surface area contributed by atoms with Crippen LogP contribution >= 0.6 is 17.2 Å². The van der Waals surface area contributed by atoms with E-state index in [0.29, 0.717) is 39.3 Å². The average Bonchev–Trinajstić information content (AvgIpc) is 2.48. The fourth-order valence-corrected chi connectivity index (χ4v) is 2.34. The maximum absolute atomic E-state index is 8.97. The maximum Gasteiger partial charge on any atom is 0.327 e. The van der Waals surface area contributed by atoms with Crippen LogP contribution in [0.3, 0.4) is 0 Å². The van der Waals surface area contributed by atoms with Gasteiger partial charge in [0.15, 0.2) is 0 Å². The lowest BCUT2D eigenvalue weighted by molar-refractivity contribution is -0.0206. The highest BCUT2D eigenvalue weighted by atomic mass is 31.2. The Kier molecular flexibility index (Phi) is 16.3. The molecule has 0 heterocycles. The summed E-state index contributed by atoms with van der Waals surface area (Å²) < 4.78 is 25.6. The summed E-state index contributed by atoms with van der Waals surface area (Å²) in [6.45, 7) is 6.02. The molecular formula is C12H28O9P2. The minimum Gasteiger partial charge on any atom is -0.379 e. The summed E-state index contributed by atoms with van der Waals surface area (Å²) in [6.07, 6.45) is 0.344. The van der Waals surface area contributed by atoms with Gasteiger partial charge in [0.1, 0.15) is 0 Å². The summed E-state index contributed by atoms with van der Waals surface area (Å²) in [5.74, 6) is 0. The third-order valence-corrected chi connectivity index (χ3v) is 3.49. The van der Waals surface area contributed by atoms with E-state index in [0.717, 1.165) is 0 Å². The van der Waals surface area contributed by atoms with Crippen molar-refractivity contribution in [3.8, 4) is 0 Å². The molecule has 2 unspecified atom stereocenters.